The predicted molar refractivity (Wildman–Crippen MR) is 112 cm³/mol. The molecule has 0 aromatic heterocycles. The van der Waals surface area contributed by atoms with Gasteiger partial charge in [-0.3, -0.25) is 9.59 Å². The first-order valence-corrected chi connectivity index (χ1v) is 10.2. The lowest BCUT2D eigenvalue weighted by molar-refractivity contribution is -0.140. The lowest BCUT2D eigenvalue weighted by Gasteiger charge is -2.27. The maximum absolute atomic E-state index is 14.8. The van der Waals surface area contributed by atoms with Crippen LogP contribution in [0.25, 0.3) is 5.76 Å². The number of methoxy groups -OCH3 is 1. The second kappa shape index (κ2) is 8.51. The van der Waals surface area contributed by atoms with E-state index in [0.29, 0.717) is 12.4 Å². The Labute approximate surface area is 179 Å². The number of nitrogens with zero attached hydrogens (tertiary/aromatic N) is 1. The molecule has 1 N–H and O–H groups in total. The molecular formula is C24H24FNO5. The molecule has 162 valence electrons. The van der Waals surface area contributed by atoms with E-state index in [4.69, 9.17) is 9.47 Å². The third kappa shape index (κ3) is 3.81. The van der Waals surface area contributed by atoms with Crippen LogP contribution in [0.1, 0.15) is 35.6 Å². The molecule has 0 bridgehead atoms. The van der Waals surface area contributed by atoms with E-state index in [1.54, 1.807) is 24.3 Å². The summed E-state index contributed by atoms with van der Waals surface area (Å²) in [6.45, 7) is 2.56. The van der Waals surface area contributed by atoms with Gasteiger partial charge in [0.15, 0.2) is 0 Å². The normalized spacial score (nSPS) is 22.9. The van der Waals surface area contributed by atoms with Gasteiger partial charge < -0.3 is 19.5 Å². The first kappa shape index (κ1) is 21.1. The van der Waals surface area contributed by atoms with Gasteiger partial charge in [-0.2, -0.15) is 0 Å². The average molecular weight is 425 g/mol. The fourth-order valence-corrected chi connectivity index (χ4v) is 4.25. The van der Waals surface area contributed by atoms with Crippen molar-refractivity contribution >= 4 is 17.4 Å². The summed E-state index contributed by atoms with van der Waals surface area (Å²) < 4.78 is 25.8. The molecule has 2 atom stereocenters. The van der Waals surface area contributed by atoms with Gasteiger partial charge in [0.25, 0.3) is 11.7 Å². The summed E-state index contributed by atoms with van der Waals surface area (Å²) in [5.41, 5.74) is 1.10. The summed E-state index contributed by atoms with van der Waals surface area (Å²) in [7, 11) is 1.45. The molecule has 0 spiro atoms. The summed E-state index contributed by atoms with van der Waals surface area (Å²) in [6.07, 6.45) is 1.37. The number of aliphatic hydroxyl groups excluding tert-OH is 1. The van der Waals surface area contributed by atoms with Gasteiger partial charge in [-0.1, -0.05) is 29.8 Å². The number of benzene rings is 2. The molecule has 0 radical (unpaired) electrons. The molecule has 2 aromatic carbocycles. The SMILES string of the molecule is COc1ccc(C)cc1/C(O)=C1\C(=O)C(=O)N(CC2CCCO2)C1c1ccccc1F. The summed E-state index contributed by atoms with van der Waals surface area (Å²) >= 11 is 0. The van der Waals surface area contributed by atoms with Gasteiger partial charge in [0.05, 0.1) is 30.4 Å². The highest BCUT2D eigenvalue weighted by atomic mass is 19.1. The molecule has 0 aliphatic carbocycles. The Bertz CT molecular complexity index is 1060. The number of hydrogen-bond acceptors (Lipinski definition) is 5. The van der Waals surface area contributed by atoms with E-state index in [-0.39, 0.29) is 35.1 Å². The molecule has 2 saturated heterocycles. The van der Waals surface area contributed by atoms with E-state index in [1.165, 1.54) is 30.2 Å². The quantitative estimate of drug-likeness (QED) is 0.449. The van der Waals surface area contributed by atoms with Crippen LogP contribution in [-0.2, 0) is 14.3 Å². The summed E-state index contributed by atoms with van der Waals surface area (Å²) in [6, 6.07) is 10.1. The molecule has 1 amide bonds. The number of ether oxygens (including phenoxy) is 2. The van der Waals surface area contributed by atoms with Gasteiger partial charge in [0.2, 0.25) is 0 Å². The van der Waals surface area contributed by atoms with Crippen LogP contribution >= 0.6 is 0 Å². The van der Waals surface area contributed by atoms with E-state index in [9.17, 15) is 19.1 Å². The number of aryl methyl sites for hydroxylation is 1. The number of hydrogen-bond donors (Lipinski definition) is 1. The highest BCUT2D eigenvalue weighted by Crippen LogP contribution is 2.42. The Morgan fingerprint density at radius 3 is 2.71 bits per heavy atom. The number of carbonyl (C=O) groups is 2. The molecule has 2 aliphatic rings. The summed E-state index contributed by atoms with van der Waals surface area (Å²) in [5.74, 6) is -2.24. The van der Waals surface area contributed by atoms with Crippen molar-refractivity contribution in [3.05, 3.63) is 70.5 Å². The number of halogens is 1. The number of aliphatic hydroxyl groups is 1. The first-order valence-electron chi connectivity index (χ1n) is 10.2. The third-order valence-corrected chi connectivity index (χ3v) is 5.77. The van der Waals surface area contributed by atoms with Crippen LogP contribution in [0.2, 0.25) is 0 Å². The van der Waals surface area contributed by atoms with Crippen LogP contribution in [0.4, 0.5) is 4.39 Å². The molecule has 7 heteroatoms. The van der Waals surface area contributed by atoms with Crippen molar-refractivity contribution in [3.63, 3.8) is 0 Å². The lowest BCUT2D eigenvalue weighted by atomic mass is 9.94. The van der Waals surface area contributed by atoms with Crippen molar-refractivity contribution in [1.82, 2.24) is 4.90 Å². The van der Waals surface area contributed by atoms with Crippen molar-refractivity contribution < 1.29 is 28.6 Å². The van der Waals surface area contributed by atoms with Crippen LogP contribution in [0.3, 0.4) is 0 Å². The molecule has 2 unspecified atom stereocenters. The van der Waals surface area contributed by atoms with Crippen LogP contribution < -0.4 is 4.74 Å². The number of amides is 1. The number of likely N-dealkylation sites (tertiary alicyclic amines) is 1. The van der Waals surface area contributed by atoms with E-state index >= 15 is 0 Å². The summed E-state index contributed by atoms with van der Waals surface area (Å²) in [4.78, 5) is 27.4. The smallest absolute Gasteiger partial charge is 0.295 e. The molecule has 2 aromatic rings. The van der Waals surface area contributed by atoms with Gasteiger partial charge in [0, 0.05) is 18.7 Å². The van der Waals surface area contributed by atoms with E-state index in [2.05, 4.69) is 0 Å². The monoisotopic (exact) mass is 425 g/mol. The molecule has 2 heterocycles. The van der Waals surface area contributed by atoms with Crippen LogP contribution in [0.15, 0.2) is 48.0 Å². The van der Waals surface area contributed by atoms with Crippen molar-refractivity contribution in [3.8, 4) is 5.75 Å². The molecule has 2 fully saturated rings. The third-order valence-electron chi connectivity index (χ3n) is 5.77. The highest BCUT2D eigenvalue weighted by molar-refractivity contribution is 6.46. The Kier molecular flexibility index (Phi) is 5.78. The molecule has 0 saturated carbocycles. The highest BCUT2D eigenvalue weighted by Gasteiger charge is 2.48. The Balaban J connectivity index is 1.89. The van der Waals surface area contributed by atoms with Crippen LogP contribution in [-0.4, -0.2) is 48.1 Å². The minimum absolute atomic E-state index is 0.144. The van der Waals surface area contributed by atoms with Gasteiger partial charge in [0.1, 0.15) is 17.3 Å². The zero-order valence-corrected chi connectivity index (χ0v) is 17.4. The maximum atomic E-state index is 14.8. The van der Waals surface area contributed by atoms with Gasteiger partial charge in [-0.25, -0.2) is 4.39 Å². The maximum Gasteiger partial charge on any atom is 0.295 e. The van der Waals surface area contributed by atoms with Gasteiger partial charge >= 0.3 is 0 Å². The zero-order valence-electron chi connectivity index (χ0n) is 17.4. The van der Waals surface area contributed by atoms with E-state index < -0.39 is 23.5 Å². The number of carbonyl (C=O) groups excluding carboxylic acids is 2. The largest absolute Gasteiger partial charge is 0.507 e. The number of ketones is 1. The number of rotatable bonds is 5. The van der Waals surface area contributed by atoms with Crippen molar-refractivity contribution in [2.45, 2.75) is 31.9 Å². The Morgan fingerprint density at radius 2 is 2.03 bits per heavy atom. The molecule has 2 aliphatic heterocycles. The second-order valence-corrected chi connectivity index (χ2v) is 7.81. The fraction of sp³-hybridized carbons (Fsp3) is 0.333. The minimum atomic E-state index is -1.06. The average Bonchev–Trinajstić information content (AvgIpc) is 3.36. The van der Waals surface area contributed by atoms with Crippen molar-refractivity contribution in [1.29, 1.82) is 0 Å². The minimum Gasteiger partial charge on any atom is -0.507 e. The Morgan fingerprint density at radius 1 is 1.26 bits per heavy atom. The van der Waals surface area contributed by atoms with Crippen molar-refractivity contribution in [2.75, 3.05) is 20.3 Å². The van der Waals surface area contributed by atoms with Gasteiger partial charge in [-0.15, -0.1) is 0 Å². The first-order chi connectivity index (χ1) is 14.9. The number of Topliss-reactive ketones (excluding diaryl/α,β-unsaturated/α-hetero) is 1. The van der Waals surface area contributed by atoms with Crippen LogP contribution in [0, 0.1) is 12.7 Å². The Hall–Kier alpha value is -3.19. The lowest BCUT2D eigenvalue weighted by Crippen LogP contribution is -2.36. The van der Waals surface area contributed by atoms with Crippen LogP contribution in [0.5, 0.6) is 5.75 Å². The van der Waals surface area contributed by atoms with Crippen molar-refractivity contribution in [2.24, 2.45) is 0 Å². The fourth-order valence-electron chi connectivity index (χ4n) is 4.25. The zero-order chi connectivity index (χ0) is 22.1. The standard InChI is InChI=1S/C24H24FNO5/c1-14-9-10-19(30-2)17(12-14)22(27)20-21(16-7-3-4-8-18(16)25)26(24(29)23(20)28)13-15-6-5-11-31-15/h3-4,7-10,12,15,21,27H,5-6,11,13H2,1-2H3/b22-20+. The molecule has 6 nitrogen and oxygen atoms in total. The topological polar surface area (TPSA) is 76.1 Å². The van der Waals surface area contributed by atoms with E-state index in [0.717, 1.165) is 18.4 Å². The summed E-state index contributed by atoms with van der Waals surface area (Å²) in [5, 5.41) is 11.2. The van der Waals surface area contributed by atoms with E-state index in [1.807, 2.05) is 6.92 Å². The molecule has 4 rings (SSSR count). The predicted octanol–water partition coefficient (Wildman–Crippen LogP) is 3.74. The molecule has 31 heavy (non-hydrogen) atoms. The van der Waals surface area contributed by atoms with Gasteiger partial charge in [-0.05, 0) is 38.0 Å². The molecular weight excluding hydrogens is 401 g/mol. The second-order valence-electron chi connectivity index (χ2n) is 7.81.